The van der Waals surface area contributed by atoms with E-state index in [-0.39, 0.29) is 5.38 Å². The molecular formula is C7H8ClN5. The molecule has 1 atom stereocenters. The third-order valence-corrected chi connectivity index (χ3v) is 1.84. The first-order valence-corrected chi connectivity index (χ1v) is 4.26. The maximum absolute atomic E-state index is 5.82. The van der Waals surface area contributed by atoms with Crippen LogP contribution in [0.1, 0.15) is 18.1 Å². The molecule has 68 valence electrons. The lowest BCUT2D eigenvalue weighted by Crippen LogP contribution is -1.86. The first-order chi connectivity index (χ1) is 6.27. The van der Waals surface area contributed by atoms with Crippen molar-refractivity contribution in [3.63, 3.8) is 0 Å². The van der Waals surface area contributed by atoms with E-state index >= 15 is 0 Å². The van der Waals surface area contributed by atoms with Crippen LogP contribution in [0.3, 0.4) is 0 Å². The highest BCUT2D eigenvalue weighted by molar-refractivity contribution is 6.20. The number of alkyl halides is 1. The standard InChI is InChI=1S/C7H8ClN5/c1-4(8)6-11-7(13-12-6)5-2-9-10-3-5/h2-4H,1H3,(H,9,10)(H,11,12,13). The van der Waals surface area contributed by atoms with Gasteiger partial charge in [0.25, 0.3) is 0 Å². The summed E-state index contributed by atoms with van der Waals surface area (Å²) in [6, 6.07) is 0. The van der Waals surface area contributed by atoms with Crippen molar-refractivity contribution in [2.45, 2.75) is 12.3 Å². The number of aromatic nitrogens is 5. The smallest absolute Gasteiger partial charge is 0.184 e. The van der Waals surface area contributed by atoms with Crippen molar-refractivity contribution in [2.24, 2.45) is 0 Å². The Kier molecular flexibility index (Phi) is 2.02. The maximum atomic E-state index is 5.82. The summed E-state index contributed by atoms with van der Waals surface area (Å²) in [5.41, 5.74) is 0.847. The molecule has 0 radical (unpaired) electrons. The summed E-state index contributed by atoms with van der Waals surface area (Å²) >= 11 is 5.82. The quantitative estimate of drug-likeness (QED) is 0.717. The summed E-state index contributed by atoms with van der Waals surface area (Å²) in [5, 5.41) is 13.1. The number of nitrogens with one attached hydrogen (secondary N) is 2. The molecule has 0 saturated heterocycles. The van der Waals surface area contributed by atoms with Gasteiger partial charge in [0.05, 0.1) is 17.1 Å². The highest BCUT2D eigenvalue weighted by Gasteiger charge is 2.09. The lowest BCUT2D eigenvalue weighted by atomic mass is 10.3. The highest BCUT2D eigenvalue weighted by Crippen LogP contribution is 2.18. The van der Waals surface area contributed by atoms with E-state index in [1.807, 2.05) is 6.92 Å². The average Bonchev–Trinajstić information content (AvgIpc) is 2.75. The van der Waals surface area contributed by atoms with Gasteiger partial charge in [0.15, 0.2) is 5.82 Å². The SMILES string of the molecule is CC(Cl)c1nc(-c2cn[nH]c2)n[nH]1. The third-order valence-electron chi connectivity index (χ3n) is 1.64. The van der Waals surface area contributed by atoms with Crippen molar-refractivity contribution in [2.75, 3.05) is 0 Å². The monoisotopic (exact) mass is 197 g/mol. The first kappa shape index (κ1) is 8.25. The van der Waals surface area contributed by atoms with Crippen molar-refractivity contribution < 1.29 is 0 Å². The molecule has 0 aliphatic rings. The predicted molar refractivity (Wildman–Crippen MR) is 48.2 cm³/mol. The zero-order valence-corrected chi connectivity index (χ0v) is 7.71. The van der Waals surface area contributed by atoms with Crippen molar-refractivity contribution >= 4 is 11.6 Å². The molecule has 2 rings (SSSR count). The fourth-order valence-corrected chi connectivity index (χ4v) is 1.05. The highest BCUT2D eigenvalue weighted by atomic mass is 35.5. The van der Waals surface area contributed by atoms with Crippen LogP contribution in [0.5, 0.6) is 0 Å². The zero-order chi connectivity index (χ0) is 9.26. The summed E-state index contributed by atoms with van der Waals surface area (Å²) in [7, 11) is 0. The topological polar surface area (TPSA) is 70.2 Å². The molecular weight excluding hydrogens is 190 g/mol. The summed E-state index contributed by atoms with van der Waals surface area (Å²) < 4.78 is 0. The van der Waals surface area contributed by atoms with Gasteiger partial charge in [-0.15, -0.1) is 11.6 Å². The van der Waals surface area contributed by atoms with Crippen molar-refractivity contribution in [3.8, 4) is 11.4 Å². The minimum atomic E-state index is -0.159. The van der Waals surface area contributed by atoms with Crippen LogP contribution in [-0.2, 0) is 0 Å². The van der Waals surface area contributed by atoms with Crippen molar-refractivity contribution in [1.29, 1.82) is 0 Å². The van der Waals surface area contributed by atoms with Crippen LogP contribution in [0.4, 0.5) is 0 Å². The van der Waals surface area contributed by atoms with Crippen LogP contribution in [0.2, 0.25) is 0 Å². The summed E-state index contributed by atoms with van der Waals surface area (Å²) in [6.07, 6.45) is 3.39. The number of hydrogen-bond donors (Lipinski definition) is 2. The molecule has 5 nitrogen and oxygen atoms in total. The Morgan fingerprint density at radius 1 is 1.54 bits per heavy atom. The summed E-state index contributed by atoms with van der Waals surface area (Å²) in [4.78, 5) is 4.19. The number of H-pyrrole nitrogens is 2. The lowest BCUT2D eigenvalue weighted by molar-refractivity contribution is 0.918. The van der Waals surface area contributed by atoms with Gasteiger partial charge >= 0.3 is 0 Å². The number of aromatic amines is 2. The normalized spacial score (nSPS) is 13.1. The van der Waals surface area contributed by atoms with Gasteiger partial charge in [-0.2, -0.15) is 10.2 Å². The van der Waals surface area contributed by atoms with Gasteiger partial charge < -0.3 is 0 Å². The molecule has 0 amide bonds. The average molecular weight is 198 g/mol. The van der Waals surface area contributed by atoms with Crippen LogP contribution in [0, 0.1) is 0 Å². The van der Waals surface area contributed by atoms with E-state index in [2.05, 4.69) is 25.4 Å². The predicted octanol–water partition coefficient (Wildman–Crippen LogP) is 1.49. The van der Waals surface area contributed by atoms with E-state index < -0.39 is 0 Å². The second kappa shape index (κ2) is 3.18. The molecule has 0 spiro atoms. The Morgan fingerprint density at radius 2 is 2.38 bits per heavy atom. The second-order valence-electron chi connectivity index (χ2n) is 2.65. The van der Waals surface area contributed by atoms with Crippen LogP contribution in [0.15, 0.2) is 12.4 Å². The van der Waals surface area contributed by atoms with Gasteiger partial charge in [-0.25, -0.2) is 4.98 Å². The number of halogens is 1. The van der Waals surface area contributed by atoms with Gasteiger partial charge in [-0.05, 0) is 6.92 Å². The van der Waals surface area contributed by atoms with Crippen LogP contribution < -0.4 is 0 Å². The number of nitrogens with zero attached hydrogens (tertiary/aromatic N) is 3. The van der Waals surface area contributed by atoms with Crippen molar-refractivity contribution in [1.82, 2.24) is 25.4 Å². The number of rotatable bonds is 2. The molecule has 0 saturated carbocycles. The Morgan fingerprint density at radius 3 is 2.92 bits per heavy atom. The summed E-state index contributed by atoms with van der Waals surface area (Å²) in [6.45, 7) is 1.83. The maximum Gasteiger partial charge on any atom is 0.184 e. The fraction of sp³-hybridized carbons (Fsp3) is 0.286. The van der Waals surface area contributed by atoms with E-state index in [0.29, 0.717) is 11.6 Å². The number of hydrogen-bond acceptors (Lipinski definition) is 3. The van der Waals surface area contributed by atoms with Crippen LogP contribution >= 0.6 is 11.6 Å². The zero-order valence-electron chi connectivity index (χ0n) is 6.95. The van der Waals surface area contributed by atoms with E-state index in [0.717, 1.165) is 5.56 Å². The Labute approximate surface area is 79.5 Å². The van der Waals surface area contributed by atoms with Gasteiger partial charge in [-0.3, -0.25) is 10.2 Å². The van der Waals surface area contributed by atoms with Gasteiger partial charge in [0.1, 0.15) is 5.82 Å². The largest absolute Gasteiger partial charge is 0.285 e. The minimum absolute atomic E-state index is 0.159. The molecule has 2 N–H and O–H groups in total. The molecule has 0 aliphatic heterocycles. The van der Waals surface area contributed by atoms with Gasteiger partial charge in [0.2, 0.25) is 0 Å². The second-order valence-corrected chi connectivity index (χ2v) is 3.30. The third kappa shape index (κ3) is 1.55. The summed E-state index contributed by atoms with van der Waals surface area (Å²) in [5.74, 6) is 1.27. The molecule has 0 fully saturated rings. The van der Waals surface area contributed by atoms with Gasteiger partial charge in [0, 0.05) is 6.20 Å². The van der Waals surface area contributed by atoms with Crippen LogP contribution in [-0.4, -0.2) is 25.4 Å². The Balaban J connectivity index is 2.33. The van der Waals surface area contributed by atoms with E-state index in [1.165, 1.54) is 0 Å². The molecule has 2 heterocycles. The lowest BCUT2D eigenvalue weighted by Gasteiger charge is -1.92. The Bertz CT molecular complexity index is 377. The van der Waals surface area contributed by atoms with Crippen LogP contribution in [0.25, 0.3) is 11.4 Å². The van der Waals surface area contributed by atoms with E-state index in [9.17, 15) is 0 Å². The molecule has 13 heavy (non-hydrogen) atoms. The van der Waals surface area contributed by atoms with E-state index in [1.54, 1.807) is 12.4 Å². The molecule has 0 aromatic carbocycles. The van der Waals surface area contributed by atoms with E-state index in [4.69, 9.17) is 11.6 Å². The van der Waals surface area contributed by atoms with Crippen molar-refractivity contribution in [3.05, 3.63) is 18.2 Å². The molecule has 6 heteroatoms. The molecule has 0 bridgehead atoms. The minimum Gasteiger partial charge on any atom is -0.285 e. The molecule has 2 aromatic rings. The molecule has 2 aromatic heterocycles. The van der Waals surface area contributed by atoms with Gasteiger partial charge in [-0.1, -0.05) is 0 Å². The Hall–Kier alpha value is -1.36. The first-order valence-electron chi connectivity index (χ1n) is 3.83. The fourth-order valence-electron chi connectivity index (χ4n) is 0.954. The molecule has 1 unspecified atom stereocenters. The molecule has 0 aliphatic carbocycles.